The minimum absolute atomic E-state index is 0. The molecule has 17 heavy (non-hydrogen) atoms. The van der Waals surface area contributed by atoms with E-state index >= 15 is 0 Å². The number of carboxylic acids is 1. The van der Waals surface area contributed by atoms with Gasteiger partial charge in [-0.2, -0.15) is 0 Å². The van der Waals surface area contributed by atoms with Crippen LogP contribution in [0, 0.1) is 0 Å². The van der Waals surface area contributed by atoms with Crippen LogP contribution in [0.4, 0.5) is 5.69 Å². The van der Waals surface area contributed by atoms with Crippen LogP contribution in [0.2, 0.25) is 0 Å². The topological polar surface area (TPSA) is 49.3 Å². The number of aliphatic carboxylic acids is 1. The molecule has 0 fully saturated rings. The van der Waals surface area contributed by atoms with Gasteiger partial charge >= 0.3 is 5.97 Å². The Morgan fingerprint density at radius 2 is 1.94 bits per heavy atom. The Bertz CT molecular complexity index is 325. The first-order chi connectivity index (χ1) is 7.72. The van der Waals surface area contributed by atoms with Crippen LogP contribution >= 0.6 is 12.4 Å². The van der Waals surface area contributed by atoms with Gasteiger partial charge in [-0.3, -0.25) is 4.79 Å². The van der Waals surface area contributed by atoms with Gasteiger partial charge in [-0.15, -0.1) is 12.4 Å². The first-order valence-electron chi connectivity index (χ1n) is 5.77. The fraction of sp³-hybridized carbons (Fsp3) is 0.462. The number of anilines is 1. The molecule has 4 heteroatoms. The van der Waals surface area contributed by atoms with E-state index < -0.39 is 5.97 Å². The van der Waals surface area contributed by atoms with Crippen molar-refractivity contribution in [2.45, 2.75) is 32.6 Å². The summed E-state index contributed by atoms with van der Waals surface area (Å²) in [6.07, 6.45) is 3.15. The lowest BCUT2D eigenvalue weighted by atomic mass is 10.1. The van der Waals surface area contributed by atoms with Crippen LogP contribution in [-0.4, -0.2) is 17.6 Å². The van der Waals surface area contributed by atoms with E-state index in [9.17, 15) is 4.79 Å². The van der Waals surface area contributed by atoms with Crippen LogP contribution < -0.4 is 5.32 Å². The number of halogens is 1. The van der Waals surface area contributed by atoms with Crippen molar-refractivity contribution in [2.24, 2.45) is 0 Å². The highest BCUT2D eigenvalue weighted by Gasteiger charge is 1.97. The third-order valence-corrected chi connectivity index (χ3v) is 2.39. The molecule has 1 aromatic carbocycles. The van der Waals surface area contributed by atoms with Crippen LogP contribution in [0.15, 0.2) is 24.3 Å². The highest BCUT2D eigenvalue weighted by molar-refractivity contribution is 5.85. The van der Waals surface area contributed by atoms with E-state index in [0.29, 0.717) is 13.0 Å². The smallest absolute Gasteiger partial charge is 0.303 e. The highest BCUT2D eigenvalue weighted by atomic mass is 35.5. The summed E-state index contributed by atoms with van der Waals surface area (Å²) in [5.41, 5.74) is 2.41. The SMILES string of the molecule is CCCc1ccc(NCCCC(=O)O)cc1.Cl. The van der Waals surface area contributed by atoms with Crippen molar-refractivity contribution in [2.75, 3.05) is 11.9 Å². The molecule has 3 nitrogen and oxygen atoms in total. The van der Waals surface area contributed by atoms with Crippen molar-refractivity contribution in [3.8, 4) is 0 Å². The third kappa shape index (κ3) is 6.84. The molecule has 0 heterocycles. The maximum Gasteiger partial charge on any atom is 0.303 e. The maximum atomic E-state index is 10.3. The predicted molar refractivity (Wildman–Crippen MR) is 73.0 cm³/mol. The molecule has 1 rings (SSSR count). The lowest BCUT2D eigenvalue weighted by molar-refractivity contribution is -0.137. The lowest BCUT2D eigenvalue weighted by Gasteiger charge is -2.06. The second-order valence-corrected chi connectivity index (χ2v) is 3.87. The second-order valence-electron chi connectivity index (χ2n) is 3.87. The Morgan fingerprint density at radius 3 is 2.47 bits per heavy atom. The standard InChI is InChI=1S/C13H19NO2.ClH/c1-2-4-11-6-8-12(9-7-11)14-10-3-5-13(15)16;/h6-9,14H,2-5,10H2,1H3,(H,15,16);1H. The molecule has 0 spiro atoms. The van der Waals surface area contributed by atoms with E-state index in [2.05, 4.69) is 24.4 Å². The van der Waals surface area contributed by atoms with Gasteiger partial charge in [0.1, 0.15) is 0 Å². The molecule has 1 aromatic rings. The second kappa shape index (κ2) is 8.88. The van der Waals surface area contributed by atoms with Crippen molar-refractivity contribution >= 4 is 24.1 Å². The van der Waals surface area contributed by atoms with E-state index in [-0.39, 0.29) is 18.8 Å². The maximum absolute atomic E-state index is 10.3. The number of carboxylic acid groups (broad SMARTS) is 1. The average molecular weight is 258 g/mol. The summed E-state index contributed by atoms with van der Waals surface area (Å²) in [5.74, 6) is -0.736. The number of carbonyl (C=O) groups is 1. The Kier molecular flexibility index (Phi) is 8.24. The molecular formula is C13H20ClNO2. The molecule has 0 amide bonds. The molecule has 0 saturated heterocycles. The number of nitrogens with one attached hydrogen (secondary N) is 1. The summed E-state index contributed by atoms with van der Waals surface area (Å²) in [6.45, 7) is 2.87. The average Bonchev–Trinajstić information content (AvgIpc) is 2.27. The summed E-state index contributed by atoms with van der Waals surface area (Å²) in [6, 6.07) is 8.32. The van der Waals surface area contributed by atoms with Crippen molar-refractivity contribution in [3.63, 3.8) is 0 Å². The van der Waals surface area contributed by atoms with Gasteiger partial charge in [0, 0.05) is 18.7 Å². The normalized spacial score (nSPS) is 9.47. The van der Waals surface area contributed by atoms with E-state index in [1.165, 1.54) is 5.56 Å². The van der Waals surface area contributed by atoms with Crippen LogP contribution in [0.3, 0.4) is 0 Å². The third-order valence-electron chi connectivity index (χ3n) is 2.39. The molecule has 0 bridgehead atoms. The zero-order valence-electron chi connectivity index (χ0n) is 10.1. The summed E-state index contributed by atoms with van der Waals surface area (Å²) in [7, 11) is 0. The zero-order valence-corrected chi connectivity index (χ0v) is 10.9. The zero-order chi connectivity index (χ0) is 11.8. The summed E-state index contributed by atoms with van der Waals surface area (Å²) >= 11 is 0. The summed E-state index contributed by atoms with van der Waals surface area (Å²) in [5, 5.41) is 11.7. The van der Waals surface area contributed by atoms with E-state index in [0.717, 1.165) is 18.5 Å². The lowest BCUT2D eigenvalue weighted by Crippen LogP contribution is -2.04. The monoisotopic (exact) mass is 257 g/mol. The number of hydrogen-bond donors (Lipinski definition) is 2. The number of rotatable bonds is 7. The molecule has 0 aliphatic heterocycles. The van der Waals surface area contributed by atoms with Crippen LogP contribution in [-0.2, 0) is 11.2 Å². The number of hydrogen-bond acceptors (Lipinski definition) is 2. The van der Waals surface area contributed by atoms with E-state index in [1.54, 1.807) is 0 Å². The van der Waals surface area contributed by atoms with Gasteiger partial charge in [0.2, 0.25) is 0 Å². The van der Waals surface area contributed by atoms with Gasteiger partial charge in [0.05, 0.1) is 0 Å². The van der Waals surface area contributed by atoms with Gasteiger partial charge in [-0.25, -0.2) is 0 Å². The van der Waals surface area contributed by atoms with E-state index in [4.69, 9.17) is 5.11 Å². The van der Waals surface area contributed by atoms with Crippen molar-refractivity contribution in [1.29, 1.82) is 0 Å². The van der Waals surface area contributed by atoms with Gasteiger partial charge in [-0.05, 0) is 30.5 Å². The van der Waals surface area contributed by atoms with Gasteiger partial charge < -0.3 is 10.4 Å². The molecule has 0 aliphatic rings. The minimum atomic E-state index is -0.736. The van der Waals surface area contributed by atoms with Crippen LogP contribution in [0.5, 0.6) is 0 Å². The molecule has 0 saturated carbocycles. The Labute approximate surface area is 109 Å². The molecule has 0 aliphatic carbocycles. The molecule has 2 N–H and O–H groups in total. The number of aryl methyl sites for hydroxylation is 1. The van der Waals surface area contributed by atoms with E-state index in [1.807, 2.05) is 12.1 Å². The molecule has 0 unspecified atom stereocenters. The predicted octanol–water partition coefficient (Wildman–Crippen LogP) is 3.34. The summed E-state index contributed by atoms with van der Waals surface area (Å²) in [4.78, 5) is 10.3. The quantitative estimate of drug-likeness (QED) is 0.737. The largest absolute Gasteiger partial charge is 0.481 e. The van der Waals surface area contributed by atoms with Crippen molar-refractivity contribution in [3.05, 3.63) is 29.8 Å². The Hall–Kier alpha value is -1.22. The molecular weight excluding hydrogens is 238 g/mol. The van der Waals surface area contributed by atoms with Gasteiger partial charge in [0.25, 0.3) is 0 Å². The minimum Gasteiger partial charge on any atom is -0.481 e. The van der Waals surface area contributed by atoms with Crippen LogP contribution in [0.1, 0.15) is 31.7 Å². The van der Waals surface area contributed by atoms with Crippen LogP contribution in [0.25, 0.3) is 0 Å². The molecule has 0 atom stereocenters. The fourth-order valence-electron chi connectivity index (χ4n) is 1.55. The Morgan fingerprint density at radius 1 is 1.29 bits per heavy atom. The van der Waals surface area contributed by atoms with Gasteiger partial charge in [0.15, 0.2) is 0 Å². The number of benzene rings is 1. The Balaban J connectivity index is 0.00000256. The van der Waals surface area contributed by atoms with Crippen molar-refractivity contribution < 1.29 is 9.90 Å². The van der Waals surface area contributed by atoms with Crippen molar-refractivity contribution in [1.82, 2.24) is 0 Å². The summed E-state index contributed by atoms with van der Waals surface area (Å²) < 4.78 is 0. The van der Waals surface area contributed by atoms with Gasteiger partial charge in [-0.1, -0.05) is 25.5 Å². The highest BCUT2D eigenvalue weighted by Crippen LogP contribution is 2.11. The fourth-order valence-corrected chi connectivity index (χ4v) is 1.55. The molecule has 0 radical (unpaired) electrons. The first-order valence-corrected chi connectivity index (χ1v) is 5.77. The molecule has 96 valence electrons. The molecule has 0 aromatic heterocycles. The first kappa shape index (κ1) is 15.8.